The highest BCUT2D eigenvalue weighted by Gasteiger charge is 2.14. The highest BCUT2D eigenvalue weighted by atomic mass is 35.5. The summed E-state index contributed by atoms with van der Waals surface area (Å²) < 4.78 is 12.8. The van der Waals surface area contributed by atoms with Crippen molar-refractivity contribution in [3.63, 3.8) is 0 Å². The fourth-order valence-electron chi connectivity index (χ4n) is 2.27. The molecule has 2 aromatic heterocycles. The van der Waals surface area contributed by atoms with E-state index in [1.807, 2.05) is 6.07 Å². The molecule has 0 aliphatic rings. The molecule has 128 valence electrons. The maximum atomic E-state index is 12.2. The van der Waals surface area contributed by atoms with Crippen molar-refractivity contribution >= 4 is 34.7 Å². The third-order valence-electron chi connectivity index (χ3n) is 3.38. The Labute approximate surface area is 152 Å². The molecule has 3 aromatic rings. The summed E-state index contributed by atoms with van der Waals surface area (Å²) in [5.41, 5.74) is 2.54. The number of aromatic nitrogens is 3. The molecule has 0 radical (unpaired) electrons. The average Bonchev–Trinajstić information content (AvgIpc) is 3.02. The van der Waals surface area contributed by atoms with Crippen LogP contribution in [0.3, 0.4) is 0 Å². The molecular weight excluding hydrogens is 362 g/mol. The maximum Gasteiger partial charge on any atom is 0.230 e. The van der Waals surface area contributed by atoms with Gasteiger partial charge in [0.05, 0.1) is 30.2 Å². The fraction of sp³-hybridized carbons (Fsp3) is 0.0625. The second kappa shape index (κ2) is 7.66. The lowest BCUT2D eigenvalue weighted by Crippen LogP contribution is -2.17. The van der Waals surface area contributed by atoms with Gasteiger partial charge in [0.2, 0.25) is 5.91 Å². The summed E-state index contributed by atoms with van der Waals surface area (Å²) in [4.78, 5) is 16.7. The summed E-state index contributed by atoms with van der Waals surface area (Å²) >= 11 is 4.08. The van der Waals surface area contributed by atoms with Crippen LogP contribution < -0.4 is 10.5 Å². The van der Waals surface area contributed by atoms with Crippen LogP contribution in [0.4, 0.5) is 5.69 Å². The molecule has 7 nitrogen and oxygen atoms in total. The molecule has 0 saturated heterocycles. The minimum absolute atomic E-state index is 0.131. The second-order valence-electron chi connectivity index (χ2n) is 5.21. The van der Waals surface area contributed by atoms with E-state index in [0.717, 1.165) is 4.20 Å². The molecule has 0 fully saturated rings. The lowest BCUT2D eigenvalue weighted by Gasteiger charge is -2.10. The van der Waals surface area contributed by atoms with Crippen molar-refractivity contribution in [2.75, 3.05) is 5.32 Å². The highest BCUT2D eigenvalue weighted by molar-refractivity contribution is 7.89. The number of amides is 1. The van der Waals surface area contributed by atoms with Crippen LogP contribution in [0.1, 0.15) is 5.69 Å². The molecule has 1 unspecified atom stereocenters. The molecule has 0 saturated carbocycles. The SMILES string of the molecule is N[S+]([O-])c1cc(NC(=O)Cc2ccccn2)cc(-c2cnn(Cl)c2)c1. The van der Waals surface area contributed by atoms with Crippen LogP contribution >= 0.6 is 11.8 Å². The van der Waals surface area contributed by atoms with Crippen molar-refractivity contribution in [2.45, 2.75) is 11.3 Å². The molecule has 1 aromatic carbocycles. The van der Waals surface area contributed by atoms with Crippen molar-refractivity contribution in [1.82, 2.24) is 14.3 Å². The number of nitrogens with two attached hydrogens (primary N) is 1. The Bertz CT molecular complexity index is 885. The molecule has 0 spiro atoms. The van der Waals surface area contributed by atoms with E-state index in [9.17, 15) is 9.35 Å². The highest BCUT2D eigenvalue weighted by Crippen LogP contribution is 2.26. The van der Waals surface area contributed by atoms with Gasteiger partial charge in [0.1, 0.15) is 0 Å². The number of hydrogen-bond acceptors (Lipinski definition) is 5. The van der Waals surface area contributed by atoms with Gasteiger partial charge in [-0.2, -0.15) is 9.30 Å². The number of rotatable bonds is 5. The average molecular weight is 376 g/mol. The fourth-order valence-corrected chi connectivity index (χ4v) is 2.91. The van der Waals surface area contributed by atoms with E-state index >= 15 is 0 Å². The molecule has 9 heteroatoms. The molecule has 2 heterocycles. The van der Waals surface area contributed by atoms with Crippen molar-refractivity contribution in [1.29, 1.82) is 0 Å². The number of halogens is 1. The summed E-state index contributed by atoms with van der Waals surface area (Å²) in [7, 11) is 0. The lowest BCUT2D eigenvalue weighted by atomic mass is 10.1. The molecule has 0 aliphatic heterocycles. The van der Waals surface area contributed by atoms with Gasteiger partial charge < -0.3 is 9.87 Å². The first-order valence-electron chi connectivity index (χ1n) is 7.23. The number of pyridine rings is 1. The second-order valence-corrected chi connectivity index (χ2v) is 6.62. The van der Waals surface area contributed by atoms with Crippen LogP contribution in [-0.4, -0.2) is 24.7 Å². The Morgan fingerprint density at radius 3 is 2.80 bits per heavy atom. The van der Waals surface area contributed by atoms with Crippen molar-refractivity contribution in [3.8, 4) is 11.1 Å². The van der Waals surface area contributed by atoms with Crippen LogP contribution in [0, 0.1) is 0 Å². The van der Waals surface area contributed by atoms with Gasteiger partial charge in [-0.05, 0) is 23.8 Å². The van der Waals surface area contributed by atoms with E-state index < -0.39 is 11.4 Å². The molecule has 1 atom stereocenters. The Morgan fingerprint density at radius 1 is 1.32 bits per heavy atom. The minimum atomic E-state index is -1.69. The van der Waals surface area contributed by atoms with Crippen LogP contribution in [0.15, 0.2) is 59.9 Å². The molecule has 0 aliphatic carbocycles. The van der Waals surface area contributed by atoms with Gasteiger partial charge in [0.25, 0.3) is 0 Å². The van der Waals surface area contributed by atoms with Gasteiger partial charge in [0.15, 0.2) is 4.90 Å². The van der Waals surface area contributed by atoms with Crippen LogP contribution in [0.5, 0.6) is 0 Å². The van der Waals surface area contributed by atoms with Gasteiger partial charge >= 0.3 is 0 Å². The number of carbonyl (C=O) groups excluding carboxylic acids is 1. The van der Waals surface area contributed by atoms with Crippen molar-refractivity contribution in [2.24, 2.45) is 5.14 Å². The molecular formula is C16H14ClN5O2S. The summed E-state index contributed by atoms with van der Waals surface area (Å²) in [6.45, 7) is 0. The predicted octanol–water partition coefficient (Wildman–Crippen LogP) is 2.11. The van der Waals surface area contributed by atoms with Crippen molar-refractivity contribution in [3.05, 3.63) is 60.7 Å². The molecule has 25 heavy (non-hydrogen) atoms. The number of hydrogen-bond donors (Lipinski definition) is 2. The smallest absolute Gasteiger partial charge is 0.230 e. The third-order valence-corrected chi connectivity index (χ3v) is 4.26. The third kappa shape index (κ3) is 4.58. The molecule has 3 N–H and O–H groups in total. The van der Waals surface area contributed by atoms with Crippen LogP contribution in [-0.2, 0) is 22.6 Å². The van der Waals surface area contributed by atoms with Gasteiger partial charge in [-0.25, -0.2) is 0 Å². The van der Waals surface area contributed by atoms with E-state index in [0.29, 0.717) is 27.4 Å². The standard InChI is InChI=1S/C16H14ClN5O2S/c17-22-10-12(9-20-22)11-5-14(7-15(6-11)25(18)24)21-16(23)8-13-3-1-2-4-19-13/h1-7,9-10H,8,18H2,(H,21,23). The van der Waals surface area contributed by atoms with E-state index in [-0.39, 0.29) is 12.3 Å². The monoisotopic (exact) mass is 375 g/mol. The van der Waals surface area contributed by atoms with Gasteiger partial charge in [-0.15, -0.1) is 5.14 Å². The van der Waals surface area contributed by atoms with E-state index in [2.05, 4.69) is 15.4 Å². The number of benzene rings is 1. The largest absolute Gasteiger partial charge is 0.593 e. The molecule has 0 bridgehead atoms. The summed E-state index contributed by atoms with van der Waals surface area (Å²) in [5.74, 6) is -0.238. The number of nitrogens with one attached hydrogen (secondary N) is 1. The Morgan fingerprint density at radius 2 is 2.16 bits per heavy atom. The zero-order valence-electron chi connectivity index (χ0n) is 12.9. The van der Waals surface area contributed by atoms with Crippen LogP contribution in [0.2, 0.25) is 0 Å². The number of nitrogens with zero attached hydrogens (tertiary/aromatic N) is 3. The topological polar surface area (TPSA) is 109 Å². The number of anilines is 1. The zero-order chi connectivity index (χ0) is 17.8. The first-order valence-corrected chi connectivity index (χ1v) is 8.78. The Hall–Kier alpha value is -2.39. The normalized spacial score (nSPS) is 12.0. The first-order chi connectivity index (χ1) is 12.0. The van der Waals surface area contributed by atoms with E-state index in [4.69, 9.17) is 16.9 Å². The number of carbonyl (C=O) groups is 1. The maximum absolute atomic E-state index is 12.2. The predicted molar refractivity (Wildman–Crippen MR) is 96.1 cm³/mol. The van der Waals surface area contributed by atoms with Crippen molar-refractivity contribution < 1.29 is 9.35 Å². The Balaban J connectivity index is 1.85. The first kappa shape index (κ1) is 17.4. The lowest BCUT2D eigenvalue weighted by molar-refractivity contribution is -0.115. The quantitative estimate of drug-likeness (QED) is 0.664. The summed E-state index contributed by atoms with van der Waals surface area (Å²) in [6.07, 6.45) is 4.92. The van der Waals surface area contributed by atoms with E-state index in [1.54, 1.807) is 48.9 Å². The van der Waals surface area contributed by atoms with Gasteiger partial charge in [-0.1, -0.05) is 6.07 Å². The molecule has 1 amide bonds. The minimum Gasteiger partial charge on any atom is -0.593 e. The van der Waals surface area contributed by atoms with E-state index in [1.165, 1.54) is 0 Å². The Kier molecular flexibility index (Phi) is 5.34. The molecule has 3 rings (SSSR count). The summed E-state index contributed by atoms with van der Waals surface area (Å²) in [6, 6.07) is 10.3. The summed E-state index contributed by atoms with van der Waals surface area (Å²) in [5, 5.41) is 12.2. The van der Waals surface area contributed by atoms with Gasteiger partial charge in [0, 0.05) is 47.1 Å². The van der Waals surface area contributed by atoms with Crippen LogP contribution in [0.25, 0.3) is 11.1 Å². The zero-order valence-corrected chi connectivity index (χ0v) is 14.5. The van der Waals surface area contributed by atoms with Gasteiger partial charge in [-0.3, -0.25) is 9.78 Å².